The topological polar surface area (TPSA) is 151 Å². The van der Waals surface area contributed by atoms with Gasteiger partial charge in [-0.2, -0.15) is 0 Å². The number of thioether (sulfide) groups is 2. The molecule has 10 nitrogen and oxygen atoms in total. The highest BCUT2D eigenvalue weighted by Crippen LogP contribution is 2.41. The lowest BCUT2D eigenvalue weighted by atomic mass is 10.0. The van der Waals surface area contributed by atoms with Gasteiger partial charge in [-0.25, -0.2) is 9.78 Å². The van der Waals surface area contributed by atoms with Crippen LogP contribution >= 0.6 is 34.9 Å². The van der Waals surface area contributed by atoms with E-state index in [1.54, 1.807) is 24.4 Å². The van der Waals surface area contributed by atoms with Gasteiger partial charge in [0.25, 0.3) is 11.8 Å². The number of H-pyrrole nitrogens is 1. The lowest BCUT2D eigenvalue weighted by Crippen LogP contribution is -2.70. The maximum absolute atomic E-state index is 12.7. The second-order valence-electron chi connectivity index (χ2n) is 6.63. The van der Waals surface area contributed by atoms with Crippen LogP contribution in [0.1, 0.15) is 5.82 Å². The molecular weight excluding hydrogens is 482 g/mol. The molecule has 0 aromatic carbocycles. The zero-order valence-electron chi connectivity index (χ0n) is 16.1. The highest BCUT2D eigenvalue weighted by molar-refractivity contribution is 8.01. The van der Waals surface area contributed by atoms with Crippen LogP contribution in [-0.2, 0) is 25.6 Å². The van der Waals surface area contributed by atoms with Crippen molar-refractivity contribution in [3.05, 3.63) is 34.6 Å². The number of aryl methyl sites for hydroxylation is 1. The third kappa shape index (κ3) is 4.62. The van der Waals surface area contributed by atoms with Gasteiger partial charge in [0.1, 0.15) is 22.9 Å². The minimum Gasteiger partial charge on any atom is -0.610 e. The van der Waals surface area contributed by atoms with E-state index in [1.165, 1.54) is 39.8 Å². The fourth-order valence-electron chi connectivity index (χ4n) is 3.13. The molecule has 4 rings (SSSR count). The zero-order valence-corrected chi connectivity index (χ0v) is 19.3. The van der Waals surface area contributed by atoms with Crippen LogP contribution in [0, 0.1) is 6.92 Å². The quantitative estimate of drug-likeness (QED) is 0.272. The summed E-state index contributed by atoms with van der Waals surface area (Å²) in [5.74, 6) is -1.04. The van der Waals surface area contributed by atoms with Crippen molar-refractivity contribution in [2.75, 3.05) is 17.3 Å². The number of nitrogens with zero attached hydrogens (tertiary/aromatic N) is 3. The molecule has 14 heteroatoms. The second kappa shape index (κ2) is 9.24. The van der Waals surface area contributed by atoms with E-state index in [0.717, 1.165) is 0 Å². The molecule has 164 valence electrons. The molecule has 0 aliphatic carbocycles. The van der Waals surface area contributed by atoms with Crippen LogP contribution in [0.25, 0.3) is 0 Å². The summed E-state index contributed by atoms with van der Waals surface area (Å²) in [6.45, 7) is 1.77. The molecule has 31 heavy (non-hydrogen) atoms. The van der Waals surface area contributed by atoms with Crippen molar-refractivity contribution in [2.45, 2.75) is 27.7 Å². The summed E-state index contributed by atoms with van der Waals surface area (Å²) in [7, 11) is 0. The third-order valence-corrected chi connectivity index (χ3v) is 9.39. The first kappa shape index (κ1) is 22.2. The first-order valence-corrected chi connectivity index (χ1v) is 13.2. The Hall–Kier alpha value is -2.00. The van der Waals surface area contributed by atoms with Crippen molar-refractivity contribution in [1.82, 2.24) is 25.4 Å². The number of hydrogen-bond donors (Lipinski definition) is 3. The molecule has 3 N–H and O–H groups in total. The standard InChI is InChI=1S/C17H17N5O5S4/c1-8-18-17(21-20-8)30-6-9-5-29-15-12(14(24)22(15)13(9)16(25)26)19-10(23)7-31(27)11-3-2-4-28-11/h2-4,12,15H,5-7H2,1H3,(H,19,23)(H,25,26)(H,18,20,21)/t12?,15-,31?/m0/s1. The number of aromatic nitrogens is 3. The van der Waals surface area contributed by atoms with Crippen LogP contribution in [0.2, 0.25) is 0 Å². The van der Waals surface area contributed by atoms with Crippen LogP contribution in [0.4, 0.5) is 0 Å². The molecule has 1 fully saturated rings. The Balaban J connectivity index is 1.40. The molecule has 2 aliphatic rings. The Bertz CT molecular complexity index is 1040. The summed E-state index contributed by atoms with van der Waals surface area (Å²) in [6.07, 6.45) is 0. The minimum atomic E-state index is -1.48. The number of fused-ring (bicyclic) bond motifs is 1. The van der Waals surface area contributed by atoms with Crippen LogP contribution in [0.15, 0.2) is 38.1 Å². The predicted molar refractivity (Wildman–Crippen MR) is 117 cm³/mol. The molecule has 2 unspecified atom stereocenters. The Morgan fingerprint density at radius 2 is 2.32 bits per heavy atom. The normalized spacial score (nSPS) is 21.5. The van der Waals surface area contributed by atoms with Gasteiger partial charge in [-0.3, -0.25) is 19.6 Å². The number of carboxylic acids is 1. The van der Waals surface area contributed by atoms with E-state index < -0.39 is 40.4 Å². The Morgan fingerprint density at radius 1 is 1.52 bits per heavy atom. The number of aromatic amines is 1. The maximum Gasteiger partial charge on any atom is 0.352 e. The van der Waals surface area contributed by atoms with Crippen molar-refractivity contribution in [1.29, 1.82) is 0 Å². The van der Waals surface area contributed by atoms with Gasteiger partial charge in [-0.15, -0.1) is 16.9 Å². The number of β-lactam (4-membered cyclic amide) rings is 1. The van der Waals surface area contributed by atoms with E-state index in [1.807, 2.05) is 0 Å². The SMILES string of the molecule is Cc1nc(SCC2=C(C(=O)O)N3C(=O)C(NC(=O)C[S+]([O-])c4cccs4)[C@@H]3SC2)n[nH]1. The minimum absolute atomic E-state index is 0.0545. The van der Waals surface area contributed by atoms with E-state index in [0.29, 0.717) is 32.3 Å². The van der Waals surface area contributed by atoms with Gasteiger partial charge >= 0.3 is 5.97 Å². The van der Waals surface area contributed by atoms with Crippen LogP contribution in [0.5, 0.6) is 0 Å². The smallest absolute Gasteiger partial charge is 0.352 e. The van der Waals surface area contributed by atoms with E-state index in [9.17, 15) is 24.0 Å². The number of carbonyl (C=O) groups is 3. The van der Waals surface area contributed by atoms with E-state index in [2.05, 4.69) is 20.5 Å². The monoisotopic (exact) mass is 499 g/mol. The van der Waals surface area contributed by atoms with Gasteiger partial charge in [0.2, 0.25) is 9.37 Å². The van der Waals surface area contributed by atoms with Gasteiger partial charge in [0, 0.05) is 28.7 Å². The third-order valence-electron chi connectivity index (χ3n) is 4.50. The van der Waals surface area contributed by atoms with E-state index in [4.69, 9.17) is 0 Å². The second-order valence-corrected chi connectivity index (χ2v) is 11.3. The molecule has 2 amide bonds. The van der Waals surface area contributed by atoms with Crippen molar-refractivity contribution < 1.29 is 24.0 Å². The van der Waals surface area contributed by atoms with Crippen LogP contribution < -0.4 is 5.32 Å². The molecule has 0 bridgehead atoms. The highest BCUT2D eigenvalue weighted by atomic mass is 32.2. The molecule has 2 aromatic rings. The fourth-order valence-corrected chi connectivity index (χ4v) is 7.38. The molecule has 0 saturated carbocycles. The summed E-state index contributed by atoms with van der Waals surface area (Å²) in [5, 5.41) is 20.8. The molecule has 4 heterocycles. The molecule has 0 spiro atoms. The van der Waals surface area contributed by atoms with Crippen molar-refractivity contribution in [3.8, 4) is 0 Å². The number of carbonyl (C=O) groups excluding carboxylic acids is 2. The molecule has 3 atom stereocenters. The van der Waals surface area contributed by atoms with Crippen LogP contribution in [-0.4, -0.2) is 76.2 Å². The summed E-state index contributed by atoms with van der Waals surface area (Å²) in [4.78, 5) is 42.2. The van der Waals surface area contributed by atoms with Crippen LogP contribution in [0.3, 0.4) is 0 Å². The number of carboxylic acid groups (broad SMARTS) is 1. The average molecular weight is 500 g/mol. The number of rotatable bonds is 8. The van der Waals surface area contributed by atoms with E-state index in [-0.39, 0.29) is 11.4 Å². The fraction of sp³-hybridized carbons (Fsp3) is 0.353. The first-order chi connectivity index (χ1) is 14.8. The van der Waals surface area contributed by atoms with Gasteiger partial charge in [-0.1, -0.05) is 23.1 Å². The number of amides is 2. The Kier molecular flexibility index (Phi) is 6.62. The lowest BCUT2D eigenvalue weighted by Gasteiger charge is -2.49. The van der Waals surface area contributed by atoms with Crippen molar-refractivity contribution in [3.63, 3.8) is 0 Å². The summed E-state index contributed by atoms with van der Waals surface area (Å²) >= 11 is 2.48. The zero-order chi connectivity index (χ0) is 22.1. The van der Waals surface area contributed by atoms with Gasteiger partial charge < -0.3 is 15.0 Å². The van der Waals surface area contributed by atoms with Gasteiger partial charge in [0.05, 0.1) is 0 Å². The molecule has 0 radical (unpaired) electrons. The van der Waals surface area contributed by atoms with E-state index >= 15 is 0 Å². The largest absolute Gasteiger partial charge is 0.610 e. The summed E-state index contributed by atoms with van der Waals surface area (Å²) in [6, 6.07) is 2.60. The lowest BCUT2D eigenvalue weighted by molar-refractivity contribution is -0.150. The van der Waals surface area contributed by atoms with Gasteiger partial charge in [0.15, 0.2) is 5.75 Å². The highest BCUT2D eigenvalue weighted by Gasteiger charge is 2.54. The average Bonchev–Trinajstić information content (AvgIpc) is 3.41. The Morgan fingerprint density at radius 3 is 2.97 bits per heavy atom. The molecule has 1 saturated heterocycles. The summed E-state index contributed by atoms with van der Waals surface area (Å²) in [5.41, 5.74) is 0.541. The number of aliphatic carboxylic acids is 1. The summed E-state index contributed by atoms with van der Waals surface area (Å²) < 4.78 is 12.8. The number of nitrogens with one attached hydrogen (secondary N) is 2. The first-order valence-electron chi connectivity index (χ1n) is 8.98. The van der Waals surface area contributed by atoms with Gasteiger partial charge in [-0.05, 0) is 23.9 Å². The Labute approximate surface area is 192 Å². The molecule has 2 aromatic heterocycles. The van der Waals surface area contributed by atoms with Crippen molar-refractivity contribution >= 4 is 63.8 Å². The predicted octanol–water partition coefficient (Wildman–Crippen LogP) is 0.813. The number of hydrogen-bond acceptors (Lipinski definition) is 9. The maximum atomic E-state index is 12.7. The van der Waals surface area contributed by atoms with Crippen molar-refractivity contribution in [2.24, 2.45) is 0 Å². The number of thiophene rings is 1. The molecular formula is C17H17N5O5S4. The molecule has 2 aliphatic heterocycles.